The van der Waals surface area contributed by atoms with Gasteiger partial charge in [-0.05, 0) is 25.7 Å². The predicted octanol–water partition coefficient (Wildman–Crippen LogP) is 2.51. The second-order valence-electron chi connectivity index (χ2n) is 5.10. The first-order valence-corrected chi connectivity index (χ1v) is 6.83. The summed E-state index contributed by atoms with van der Waals surface area (Å²) in [7, 11) is -3.31. The van der Waals surface area contributed by atoms with Gasteiger partial charge in [-0.2, -0.15) is 0 Å². The van der Waals surface area contributed by atoms with Crippen molar-refractivity contribution in [2.45, 2.75) is 47.1 Å². The van der Waals surface area contributed by atoms with Gasteiger partial charge >= 0.3 is 0 Å². The third-order valence-corrected chi connectivity index (χ3v) is 3.82. The molecule has 0 fully saturated rings. The van der Waals surface area contributed by atoms with Gasteiger partial charge in [0, 0.05) is 10.9 Å². The third-order valence-electron chi connectivity index (χ3n) is 2.49. The van der Waals surface area contributed by atoms with Crippen LogP contribution in [0.25, 0.3) is 0 Å². The minimum Gasteiger partial charge on any atom is -0.208 e. The van der Waals surface area contributed by atoms with Crippen LogP contribution >= 0.6 is 0 Å². The summed E-state index contributed by atoms with van der Waals surface area (Å²) in [4.78, 5) is 0. The largest absolute Gasteiger partial charge is 0.233 e. The molecule has 0 aliphatic rings. The van der Waals surface area contributed by atoms with Crippen molar-refractivity contribution in [2.75, 3.05) is 0 Å². The molecule has 0 saturated heterocycles. The molecule has 4 heteroatoms. The Morgan fingerprint density at radius 1 is 1.13 bits per heavy atom. The van der Waals surface area contributed by atoms with Crippen LogP contribution in [0.2, 0.25) is 0 Å². The summed E-state index contributed by atoms with van der Waals surface area (Å²) in [6.45, 7) is 11.7. The highest BCUT2D eigenvalue weighted by Gasteiger charge is 2.26. The van der Waals surface area contributed by atoms with Gasteiger partial charge in [-0.15, -0.1) is 0 Å². The number of nitrogens with one attached hydrogen (secondary N) is 1. The first-order valence-electron chi connectivity index (χ1n) is 5.29. The van der Waals surface area contributed by atoms with Crippen LogP contribution in [0.3, 0.4) is 0 Å². The van der Waals surface area contributed by atoms with Gasteiger partial charge in [-0.3, -0.25) is 0 Å². The van der Waals surface area contributed by atoms with Crippen LogP contribution in [-0.2, 0) is 10.0 Å². The van der Waals surface area contributed by atoms with Crippen molar-refractivity contribution in [1.82, 2.24) is 4.72 Å². The van der Waals surface area contributed by atoms with Crippen molar-refractivity contribution >= 4 is 10.0 Å². The van der Waals surface area contributed by atoms with Crippen molar-refractivity contribution in [1.29, 1.82) is 0 Å². The summed E-state index contributed by atoms with van der Waals surface area (Å²) >= 11 is 0. The summed E-state index contributed by atoms with van der Waals surface area (Å²) < 4.78 is 26.0. The number of rotatable bonds is 5. The molecule has 0 radical (unpaired) electrons. The standard InChI is InChI=1S/C11H23NO2S/c1-9(2)7-8-15(13,14)12-11(5,6)10(3)4/h7-10,12H,1-6H3/b8-7+. The molecular weight excluding hydrogens is 210 g/mol. The Kier molecular flexibility index (Phi) is 5.00. The van der Waals surface area contributed by atoms with Gasteiger partial charge in [0.1, 0.15) is 0 Å². The Bertz CT molecular complexity index is 313. The van der Waals surface area contributed by atoms with Crippen LogP contribution in [0.5, 0.6) is 0 Å². The van der Waals surface area contributed by atoms with E-state index in [0.29, 0.717) is 0 Å². The Balaban J connectivity index is 4.66. The molecule has 0 aliphatic carbocycles. The molecule has 0 bridgehead atoms. The molecule has 0 spiro atoms. The Hall–Kier alpha value is -0.350. The number of hydrogen-bond donors (Lipinski definition) is 1. The van der Waals surface area contributed by atoms with Crippen molar-refractivity contribution < 1.29 is 8.42 Å². The number of allylic oxidation sites excluding steroid dienone is 1. The average molecular weight is 233 g/mol. The highest BCUT2D eigenvalue weighted by molar-refractivity contribution is 7.92. The van der Waals surface area contributed by atoms with E-state index in [0.717, 1.165) is 0 Å². The Morgan fingerprint density at radius 2 is 1.60 bits per heavy atom. The third kappa shape index (κ3) is 5.95. The second-order valence-corrected chi connectivity index (χ2v) is 6.66. The second kappa shape index (κ2) is 5.12. The van der Waals surface area contributed by atoms with E-state index in [-0.39, 0.29) is 11.8 Å². The van der Waals surface area contributed by atoms with Crippen LogP contribution in [-0.4, -0.2) is 14.0 Å². The van der Waals surface area contributed by atoms with Crippen molar-refractivity contribution in [3.05, 3.63) is 11.5 Å². The van der Waals surface area contributed by atoms with E-state index in [2.05, 4.69) is 4.72 Å². The minimum absolute atomic E-state index is 0.240. The minimum atomic E-state index is -3.31. The maximum absolute atomic E-state index is 11.7. The van der Waals surface area contributed by atoms with Gasteiger partial charge in [-0.25, -0.2) is 13.1 Å². The Morgan fingerprint density at radius 3 is 1.93 bits per heavy atom. The molecule has 3 nitrogen and oxygen atoms in total. The summed E-state index contributed by atoms with van der Waals surface area (Å²) in [6.07, 6.45) is 1.68. The summed E-state index contributed by atoms with van der Waals surface area (Å²) in [6, 6.07) is 0. The molecule has 0 aromatic rings. The molecule has 0 heterocycles. The number of hydrogen-bond acceptors (Lipinski definition) is 2. The van der Waals surface area contributed by atoms with Gasteiger partial charge in [0.25, 0.3) is 0 Å². The molecule has 0 aromatic carbocycles. The van der Waals surface area contributed by atoms with Gasteiger partial charge in [-0.1, -0.05) is 33.8 Å². The lowest BCUT2D eigenvalue weighted by molar-refractivity contribution is 0.337. The Labute approximate surface area is 94.0 Å². The summed E-state index contributed by atoms with van der Waals surface area (Å²) in [5, 5.41) is 1.25. The summed E-state index contributed by atoms with van der Waals surface area (Å²) in [5.74, 6) is 0.489. The number of sulfonamides is 1. The zero-order chi connectivity index (χ0) is 12.3. The zero-order valence-electron chi connectivity index (χ0n) is 10.5. The fourth-order valence-corrected chi connectivity index (χ4v) is 2.34. The molecule has 0 aromatic heterocycles. The molecule has 15 heavy (non-hydrogen) atoms. The molecular formula is C11H23NO2S. The highest BCUT2D eigenvalue weighted by atomic mass is 32.2. The van der Waals surface area contributed by atoms with E-state index in [1.54, 1.807) is 6.08 Å². The lowest BCUT2D eigenvalue weighted by Crippen LogP contribution is -2.46. The van der Waals surface area contributed by atoms with Crippen molar-refractivity contribution in [3.63, 3.8) is 0 Å². The normalized spacial score (nSPS) is 14.4. The fraction of sp³-hybridized carbons (Fsp3) is 0.818. The molecule has 1 N–H and O–H groups in total. The van der Waals surface area contributed by atoms with Gasteiger partial charge < -0.3 is 0 Å². The fourth-order valence-electron chi connectivity index (χ4n) is 0.779. The molecule has 0 rings (SSSR count). The maximum Gasteiger partial charge on any atom is 0.233 e. The van der Waals surface area contributed by atoms with Crippen LogP contribution in [0.1, 0.15) is 41.5 Å². The quantitative estimate of drug-likeness (QED) is 0.793. The smallest absolute Gasteiger partial charge is 0.208 e. The van der Waals surface area contributed by atoms with Crippen LogP contribution in [0, 0.1) is 11.8 Å². The van der Waals surface area contributed by atoms with Crippen LogP contribution < -0.4 is 4.72 Å². The average Bonchev–Trinajstić information content (AvgIpc) is 1.99. The summed E-state index contributed by atoms with van der Waals surface area (Å²) in [5.41, 5.74) is -0.417. The lowest BCUT2D eigenvalue weighted by atomic mass is 9.92. The molecule has 90 valence electrons. The van der Waals surface area contributed by atoms with Crippen molar-refractivity contribution in [3.8, 4) is 0 Å². The van der Waals surface area contributed by atoms with E-state index in [4.69, 9.17) is 0 Å². The highest BCUT2D eigenvalue weighted by Crippen LogP contribution is 2.16. The maximum atomic E-state index is 11.7. The van der Waals surface area contributed by atoms with E-state index < -0.39 is 15.6 Å². The van der Waals surface area contributed by atoms with E-state index in [1.807, 2.05) is 41.5 Å². The topological polar surface area (TPSA) is 46.2 Å². The first kappa shape index (κ1) is 14.6. The molecule has 0 saturated carbocycles. The van der Waals surface area contributed by atoms with Crippen LogP contribution in [0.4, 0.5) is 0 Å². The monoisotopic (exact) mass is 233 g/mol. The molecule has 0 atom stereocenters. The van der Waals surface area contributed by atoms with Gasteiger partial charge in [0.15, 0.2) is 0 Å². The predicted molar refractivity (Wildman–Crippen MR) is 65.0 cm³/mol. The van der Waals surface area contributed by atoms with Gasteiger partial charge in [0.2, 0.25) is 10.0 Å². The first-order chi connectivity index (χ1) is 6.57. The molecule has 0 aliphatic heterocycles. The van der Waals surface area contributed by atoms with Crippen LogP contribution in [0.15, 0.2) is 11.5 Å². The van der Waals surface area contributed by atoms with Crippen molar-refractivity contribution in [2.24, 2.45) is 11.8 Å². The molecule has 0 amide bonds. The van der Waals surface area contributed by atoms with E-state index >= 15 is 0 Å². The SMILES string of the molecule is CC(C)/C=C/S(=O)(=O)NC(C)(C)C(C)C. The van der Waals surface area contributed by atoms with E-state index in [9.17, 15) is 8.42 Å². The zero-order valence-corrected chi connectivity index (χ0v) is 11.4. The molecule has 0 unspecified atom stereocenters. The van der Waals surface area contributed by atoms with E-state index in [1.165, 1.54) is 5.41 Å². The van der Waals surface area contributed by atoms with Gasteiger partial charge in [0.05, 0.1) is 0 Å². The lowest BCUT2D eigenvalue weighted by Gasteiger charge is -2.29.